The zero-order valence-corrected chi connectivity index (χ0v) is 11.1. The number of nitrogens with two attached hydrogens (primary N) is 1. The van der Waals surface area contributed by atoms with E-state index in [-0.39, 0.29) is 17.2 Å². The van der Waals surface area contributed by atoms with E-state index in [4.69, 9.17) is 5.84 Å². The van der Waals surface area contributed by atoms with E-state index in [1.54, 1.807) is 0 Å². The van der Waals surface area contributed by atoms with Crippen LogP contribution in [0.15, 0.2) is 6.07 Å². The average Bonchev–Trinajstić information content (AvgIpc) is 2.37. The molecule has 0 spiro atoms. The van der Waals surface area contributed by atoms with Gasteiger partial charge >= 0.3 is 6.18 Å². The van der Waals surface area contributed by atoms with Gasteiger partial charge in [0, 0.05) is 11.6 Å². The summed E-state index contributed by atoms with van der Waals surface area (Å²) in [5.41, 5.74) is 1.78. The third kappa shape index (κ3) is 3.95. The van der Waals surface area contributed by atoms with Gasteiger partial charge in [0.1, 0.15) is 11.6 Å². The van der Waals surface area contributed by atoms with Crippen molar-refractivity contribution in [2.24, 2.45) is 5.84 Å². The summed E-state index contributed by atoms with van der Waals surface area (Å²) >= 11 is 0. The lowest BCUT2D eigenvalue weighted by molar-refractivity contribution is -0.144. The van der Waals surface area contributed by atoms with Crippen LogP contribution >= 0.6 is 0 Å². The fourth-order valence-corrected chi connectivity index (χ4v) is 1.45. The lowest BCUT2D eigenvalue weighted by Crippen LogP contribution is -2.34. The Kier molecular flexibility index (Phi) is 4.56. The first kappa shape index (κ1) is 15.5. The third-order valence-corrected chi connectivity index (χ3v) is 3.12. The first-order valence-electron chi connectivity index (χ1n) is 5.95. The van der Waals surface area contributed by atoms with E-state index in [0.29, 0.717) is 0 Å². The molecule has 1 heterocycles. The van der Waals surface area contributed by atoms with Crippen LogP contribution < -0.4 is 16.6 Å². The van der Waals surface area contributed by atoms with Gasteiger partial charge < -0.3 is 10.7 Å². The SMILES string of the molecule is CCC(C)(CC)Nc1cc(NN)nc(C(F)(F)F)n1. The van der Waals surface area contributed by atoms with Crippen LogP contribution in [0.1, 0.15) is 39.4 Å². The molecule has 5 nitrogen and oxygen atoms in total. The maximum atomic E-state index is 12.7. The summed E-state index contributed by atoms with van der Waals surface area (Å²) in [6.45, 7) is 5.81. The Morgan fingerprint density at radius 2 is 1.68 bits per heavy atom. The molecule has 8 heteroatoms. The molecular weight excluding hydrogens is 259 g/mol. The highest BCUT2D eigenvalue weighted by Crippen LogP contribution is 2.29. The van der Waals surface area contributed by atoms with Crippen molar-refractivity contribution in [2.45, 2.75) is 45.3 Å². The quantitative estimate of drug-likeness (QED) is 0.570. The maximum Gasteiger partial charge on any atom is 0.451 e. The molecule has 1 aromatic heterocycles. The van der Waals surface area contributed by atoms with Crippen LogP contribution in [-0.2, 0) is 6.18 Å². The average molecular weight is 277 g/mol. The normalized spacial score (nSPS) is 12.4. The second-order valence-corrected chi connectivity index (χ2v) is 4.50. The molecule has 0 aliphatic heterocycles. The Hall–Kier alpha value is -1.57. The summed E-state index contributed by atoms with van der Waals surface area (Å²) in [6, 6.07) is 1.35. The van der Waals surface area contributed by atoms with Gasteiger partial charge in [-0.2, -0.15) is 13.2 Å². The van der Waals surface area contributed by atoms with Gasteiger partial charge in [-0.1, -0.05) is 13.8 Å². The molecule has 19 heavy (non-hydrogen) atoms. The minimum Gasteiger partial charge on any atom is -0.365 e. The van der Waals surface area contributed by atoms with E-state index < -0.39 is 12.0 Å². The fraction of sp³-hybridized carbons (Fsp3) is 0.636. The molecule has 1 rings (SSSR count). The Balaban J connectivity index is 3.14. The van der Waals surface area contributed by atoms with Gasteiger partial charge in [0.15, 0.2) is 0 Å². The predicted molar refractivity (Wildman–Crippen MR) is 67.5 cm³/mol. The second kappa shape index (κ2) is 5.60. The largest absolute Gasteiger partial charge is 0.451 e. The summed E-state index contributed by atoms with van der Waals surface area (Å²) in [5, 5.41) is 3.00. The van der Waals surface area contributed by atoms with Crippen molar-refractivity contribution < 1.29 is 13.2 Å². The van der Waals surface area contributed by atoms with Crippen LogP contribution in [0.3, 0.4) is 0 Å². The summed E-state index contributed by atoms with van der Waals surface area (Å²) in [6.07, 6.45) is -3.11. The van der Waals surface area contributed by atoms with Crippen molar-refractivity contribution in [2.75, 3.05) is 10.7 Å². The summed E-state index contributed by atoms with van der Waals surface area (Å²) < 4.78 is 38.0. The van der Waals surface area contributed by atoms with Crippen molar-refractivity contribution in [3.8, 4) is 0 Å². The molecule has 108 valence electrons. The first-order valence-corrected chi connectivity index (χ1v) is 5.95. The maximum absolute atomic E-state index is 12.7. The second-order valence-electron chi connectivity index (χ2n) is 4.50. The number of nitrogens with one attached hydrogen (secondary N) is 2. The molecule has 0 saturated carbocycles. The van der Waals surface area contributed by atoms with E-state index >= 15 is 0 Å². The summed E-state index contributed by atoms with van der Waals surface area (Å²) in [7, 11) is 0. The highest BCUT2D eigenvalue weighted by atomic mass is 19.4. The van der Waals surface area contributed by atoms with E-state index in [1.807, 2.05) is 20.8 Å². The zero-order valence-electron chi connectivity index (χ0n) is 11.1. The van der Waals surface area contributed by atoms with Crippen molar-refractivity contribution in [1.29, 1.82) is 0 Å². The molecule has 0 radical (unpaired) electrons. The molecule has 4 N–H and O–H groups in total. The minimum absolute atomic E-state index is 0.0839. The molecule has 0 fully saturated rings. The van der Waals surface area contributed by atoms with Gasteiger partial charge in [-0.25, -0.2) is 15.8 Å². The van der Waals surface area contributed by atoms with Crippen molar-refractivity contribution in [1.82, 2.24) is 9.97 Å². The number of anilines is 2. The number of aromatic nitrogens is 2. The van der Waals surface area contributed by atoms with Gasteiger partial charge in [-0.15, -0.1) is 0 Å². The van der Waals surface area contributed by atoms with Crippen LogP contribution in [0.25, 0.3) is 0 Å². The minimum atomic E-state index is -4.61. The molecule has 0 unspecified atom stereocenters. The molecule has 0 amide bonds. The van der Waals surface area contributed by atoms with E-state index in [1.165, 1.54) is 6.07 Å². The van der Waals surface area contributed by atoms with Crippen molar-refractivity contribution in [3.63, 3.8) is 0 Å². The summed E-state index contributed by atoms with van der Waals surface area (Å²) in [5.74, 6) is 3.92. The van der Waals surface area contributed by atoms with Crippen molar-refractivity contribution >= 4 is 11.6 Å². The number of hydrogen-bond donors (Lipinski definition) is 3. The third-order valence-electron chi connectivity index (χ3n) is 3.12. The highest BCUT2D eigenvalue weighted by Gasteiger charge is 2.36. The Labute approximate surface area is 109 Å². The number of rotatable bonds is 5. The number of halogens is 3. The standard InChI is InChI=1S/C11H18F3N5/c1-4-10(3,5-2)18-7-6-8(19-15)17-9(16-7)11(12,13)14/h6H,4-5,15H2,1-3H3,(H2,16,17,18,19). The number of alkyl halides is 3. The molecule has 1 aromatic rings. The molecular formula is C11H18F3N5. The van der Waals surface area contributed by atoms with Gasteiger partial charge in [0.2, 0.25) is 5.82 Å². The van der Waals surface area contributed by atoms with Gasteiger partial charge in [0.25, 0.3) is 0 Å². The number of nitrogen functional groups attached to an aromatic ring is 1. The Morgan fingerprint density at radius 3 is 2.11 bits per heavy atom. The lowest BCUT2D eigenvalue weighted by Gasteiger charge is -2.29. The van der Waals surface area contributed by atoms with E-state index in [0.717, 1.165) is 12.8 Å². The molecule has 0 bridgehead atoms. The number of nitrogens with zero attached hydrogens (tertiary/aromatic N) is 2. The van der Waals surface area contributed by atoms with Crippen LogP contribution in [-0.4, -0.2) is 15.5 Å². The highest BCUT2D eigenvalue weighted by molar-refractivity contribution is 5.48. The molecule has 0 aromatic carbocycles. The Bertz CT molecular complexity index is 429. The molecule has 0 aliphatic rings. The van der Waals surface area contributed by atoms with Crippen LogP contribution in [0.4, 0.5) is 24.8 Å². The van der Waals surface area contributed by atoms with Gasteiger partial charge in [-0.05, 0) is 19.8 Å². The topological polar surface area (TPSA) is 75.9 Å². The number of hydrogen-bond acceptors (Lipinski definition) is 5. The van der Waals surface area contributed by atoms with Gasteiger partial charge in [-0.3, -0.25) is 0 Å². The van der Waals surface area contributed by atoms with Crippen molar-refractivity contribution in [3.05, 3.63) is 11.9 Å². The van der Waals surface area contributed by atoms with Crippen LogP contribution in [0.5, 0.6) is 0 Å². The summed E-state index contributed by atoms with van der Waals surface area (Å²) in [4.78, 5) is 6.78. The van der Waals surface area contributed by atoms with E-state index in [2.05, 4.69) is 20.7 Å². The van der Waals surface area contributed by atoms with Gasteiger partial charge in [0.05, 0.1) is 0 Å². The smallest absolute Gasteiger partial charge is 0.365 e. The lowest BCUT2D eigenvalue weighted by atomic mass is 9.96. The van der Waals surface area contributed by atoms with Crippen LogP contribution in [0.2, 0.25) is 0 Å². The molecule has 0 saturated heterocycles. The Morgan fingerprint density at radius 1 is 1.16 bits per heavy atom. The fourth-order valence-electron chi connectivity index (χ4n) is 1.45. The zero-order chi connectivity index (χ0) is 14.7. The predicted octanol–water partition coefficient (Wildman–Crippen LogP) is 2.77. The molecule has 0 atom stereocenters. The first-order chi connectivity index (χ1) is 8.74. The molecule has 0 aliphatic carbocycles. The number of hydrazine groups is 1. The van der Waals surface area contributed by atoms with E-state index in [9.17, 15) is 13.2 Å². The van der Waals surface area contributed by atoms with Crippen LogP contribution in [0, 0.1) is 0 Å². The monoisotopic (exact) mass is 277 g/mol.